The van der Waals surface area contributed by atoms with E-state index in [4.69, 9.17) is 31.6 Å². The van der Waals surface area contributed by atoms with Crippen LogP contribution >= 0.6 is 0 Å². The van der Waals surface area contributed by atoms with Crippen LogP contribution in [0.25, 0.3) is 0 Å². The Labute approximate surface area is 576 Å². The Morgan fingerprint density at radius 1 is 0.237 bits per heavy atom. The standard InChI is InChI=1S/2Ca.4GeO2.4GeH3.20GeH2/c;;4*2-1-3;;;;;;;;;;;;;;;;;;;;;;;;/h;;;;;;4*1H3;20*1H2/q2*+2;4*-1;;;;;;;;;;;;;;;;;;;;;;;;. The van der Waals surface area contributed by atoms with Gasteiger partial charge in [-0.3, -0.25) is 0 Å². The van der Waals surface area contributed by atoms with Crippen molar-refractivity contribution in [3.63, 3.8) is 0 Å². The Hall–Kier alpha value is 16.1. The molecule has 0 rings (SSSR count). The summed E-state index contributed by atoms with van der Waals surface area (Å²) in [6.07, 6.45) is 0. The van der Waals surface area contributed by atoms with Crippen molar-refractivity contribution in [2.75, 3.05) is 0 Å². The SMILES string of the molecule is [Ca+2].[Ca+2].[GeH2].[GeH2].[GeH2].[GeH2].[GeH2].[GeH2].[GeH2].[GeH2].[GeH2].[GeH2].[GeH2].[GeH2].[GeH2].[GeH2].[GeH2].[GeH2].[GeH2].[GeH2].[GeH2].[GeH2].[GeH3].[GeH3].[GeH3].[GeH3].[O]=[Ge][O-].[O]=[Ge][O-].[O]=[Ge][O-].[O]=[Ge][O-]. The van der Waals surface area contributed by atoms with Crippen molar-refractivity contribution < 1.29 is 31.6 Å². The molecule has 0 amide bonds. The van der Waals surface area contributed by atoms with Gasteiger partial charge in [-0.2, -0.15) is 0 Å². The Bertz CT molecular complexity index is 92.9. The number of hydrogen-bond acceptors (Lipinski definition) is 8. The maximum atomic E-state index is 8.50. The summed E-state index contributed by atoms with van der Waals surface area (Å²) in [6, 6.07) is 0. The summed E-state index contributed by atoms with van der Waals surface area (Å²) in [5, 5.41) is 0. The van der Waals surface area contributed by atoms with Gasteiger partial charge in [-0.1, -0.05) is 0 Å². The van der Waals surface area contributed by atoms with Gasteiger partial charge in [-0.15, -0.1) is 0 Å². The molecule has 38 heavy (non-hydrogen) atoms. The number of hydrogen-bond donors (Lipinski definition) is 0. The van der Waals surface area contributed by atoms with Crippen LogP contribution in [0.15, 0.2) is 0 Å². The molecule has 0 aromatic carbocycles. The molecular formula is H52Ca2Ge28O8. The molecule has 0 aliphatic rings. The summed E-state index contributed by atoms with van der Waals surface area (Å²) in [6.45, 7) is 0. The van der Waals surface area contributed by atoms with Gasteiger partial charge in [0.15, 0.2) is 0 Å². The van der Waals surface area contributed by atoms with E-state index in [1.54, 1.807) is 0 Å². The fourth-order valence-electron chi connectivity index (χ4n) is 0. The molecule has 0 spiro atoms. The van der Waals surface area contributed by atoms with Gasteiger partial charge in [-0.05, 0) is 0 Å². The molecular weight excluding hydrogens is 2240 g/mol. The minimum absolute atomic E-state index is 0. The summed E-state index contributed by atoms with van der Waals surface area (Å²) in [5.74, 6) is 0. The zero-order chi connectivity index (χ0) is 10.8. The van der Waals surface area contributed by atoms with E-state index in [0.29, 0.717) is 0 Å². The zero-order valence-electron chi connectivity index (χ0n) is 24.8. The van der Waals surface area contributed by atoms with Gasteiger partial charge in [0.2, 0.25) is 0 Å². The van der Waals surface area contributed by atoms with Crippen LogP contribution in [0.4, 0.5) is 0 Å². The summed E-state index contributed by atoms with van der Waals surface area (Å²) in [5.41, 5.74) is 0. The number of rotatable bonds is 0. The molecule has 38 heteroatoms. The zero-order valence-corrected chi connectivity index (χ0v) is 114. The van der Waals surface area contributed by atoms with Crippen molar-refractivity contribution >= 4 is 561 Å². The molecule has 216 valence electrons. The first-order chi connectivity index (χ1) is 5.66. The molecule has 0 aliphatic carbocycles. The fourth-order valence-corrected chi connectivity index (χ4v) is 0. The average molecular weight is 2290 g/mol. The molecule has 8 nitrogen and oxygen atoms in total. The van der Waals surface area contributed by atoms with Crippen LogP contribution < -0.4 is 16.5 Å². The minimum atomic E-state index is -2.00. The topological polar surface area (TPSA) is 161 Å². The summed E-state index contributed by atoms with van der Waals surface area (Å²) in [4.78, 5) is 0. The van der Waals surface area contributed by atoms with E-state index >= 15 is 0 Å². The molecule has 0 aromatic rings. The Morgan fingerprint density at radius 3 is 0.237 bits per heavy atom. The Morgan fingerprint density at radius 2 is 0.237 bits per heavy atom. The van der Waals surface area contributed by atoms with Crippen molar-refractivity contribution in [2.24, 2.45) is 0 Å². The maximum absolute atomic E-state index is 8.50. The molecule has 0 aliphatic heterocycles. The Balaban J connectivity index is -0.000000000653. The van der Waals surface area contributed by atoms with Gasteiger partial charge in [0.05, 0.1) is 0 Å². The van der Waals surface area contributed by atoms with E-state index in [-0.39, 0.29) is 498 Å². The third-order valence-corrected chi connectivity index (χ3v) is 0. The Kier molecular flexibility index (Phi) is 2460. The molecule has 0 unspecified atom stereocenters. The molecule has 0 fully saturated rings. The van der Waals surface area contributed by atoms with Crippen LogP contribution in [0.3, 0.4) is 0 Å². The second-order valence-electron chi connectivity index (χ2n) is 0.333. The molecule has 0 atom stereocenters. The molecule has 0 bridgehead atoms. The molecule has 48 radical (unpaired) electrons. The van der Waals surface area contributed by atoms with Crippen LogP contribution in [0, 0.1) is 0 Å². The van der Waals surface area contributed by atoms with Gasteiger partial charge in [0, 0.05) is 0 Å². The molecule has 0 aromatic heterocycles. The fraction of sp³-hybridized carbons (Fsp3) is 0. The quantitative estimate of drug-likeness (QED) is 0.217. The van der Waals surface area contributed by atoms with Crippen molar-refractivity contribution in [2.45, 2.75) is 0 Å². The second kappa shape index (κ2) is 356. The second-order valence-corrected chi connectivity index (χ2v) is 1.73. The van der Waals surface area contributed by atoms with Gasteiger partial charge in [0.25, 0.3) is 0 Å². The molecule has 0 N–H and O–H groups in total. The monoisotopic (exact) mass is 2330 g/mol. The van der Waals surface area contributed by atoms with E-state index in [0.717, 1.165) is 0 Å². The van der Waals surface area contributed by atoms with Crippen LogP contribution in [-0.4, -0.2) is 561 Å². The molecule has 0 heterocycles. The first kappa shape index (κ1) is 262. The van der Waals surface area contributed by atoms with E-state index in [2.05, 4.69) is 0 Å². The van der Waals surface area contributed by atoms with Crippen molar-refractivity contribution in [1.29, 1.82) is 0 Å². The molecule has 0 saturated carbocycles. The summed E-state index contributed by atoms with van der Waals surface area (Å²) >= 11 is -8.00. The summed E-state index contributed by atoms with van der Waals surface area (Å²) < 4.78 is 68.0. The van der Waals surface area contributed by atoms with Gasteiger partial charge < -0.3 is 0 Å². The van der Waals surface area contributed by atoms with E-state index in [1.807, 2.05) is 0 Å². The van der Waals surface area contributed by atoms with Crippen LogP contribution in [0.1, 0.15) is 0 Å². The van der Waals surface area contributed by atoms with Crippen molar-refractivity contribution in [3.8, 4) is 0 Å². The average Bonchev–Trinajstić information content (AvgIpc) is 1.92. The third-order valence-electron chi connectivity index (χ3n) is 0. The van der Waals surface area contributed by atoms with Gasteiger partial charge in [0.1, 0.15) is 0 Å². The van der Waals surface area contributed by atoms with Crippen LogP contribution in [0.5, 0.6) is 0 Å². The van der Waals surface area contributed by atoms with E-state index in [9.17, 15) is 0 Å². The van der Waals surface area contributed by atoms with Crippen LogP contribution in [-0.2, 0) is 15.1 Å². The summed E-state index contributed by atoms with van der Waals surface area (Å²) in [7, 11) is 0. The van der Waals surface area contributed by atoms with Crippen molar-refractivity contribution in [1.82, 2.24) is 0 Å². The van der Waals surface area contributed by atoms with Crippen LogP contribution in [0.2, 0.25) is 0 Å². The predicted octanol–water partition coefficient (Wildman–Crippen LogP) is -30.6. The van der Waals surface area contributed by atoms with E-state index < -0.39 is 62.8 Å². The van der Waals surface area contributed by atoms with Gasteiger partial charge in [-0.25, -0.2) is 0 Å². The first-order valence-corrected chi connectivity index (χ1v) is 8.49. The van der Waals surface area contributed by atoms with Gasteiger partial charge >= 0.3 is 592 Å². The first-order valence-electron chi connectivity index (χ1n) is 1.63. The predicted molar refractivity (Wildman–Crippen MR) is 248 cm³/mol. The van der Waals surface area contributed by atoms with Crippen molar-refractivity contribution in [3.05, 3.63) is 0 Å². The molecule has 0 saturated heterocycles. The van der Waals surface area contributed by atoms with E-state index in [1.165, 1.54) is 0 Å². The third kappa shape index (κ3) is 524. The normalized spacial score (nSPS) is 1.26.